The van der Waals surface area contributed by atoms with Gasteiger partial charge in [-0.25, -0.2) is 4.39 Å². The fraction of sp³-hybridized carbons (Fsp3) is 0.385. The van der Waals surface area contributed by atoms with Crippen LogP contribution in [0.3, 0.4) is 0 Å². The van der Waals surface area contributed by atoms with Gasteiger partial charge in [-0.05, 0) is 18.6 Å². The number of anilines is 1. The summed E-state index contributed by atoms with van der Waals surface area (Å²) in [6.07, 6.45) is 2.65. The molecule has 0 bridgehead atoms. The van der Waals surface area contributed by atoms with E-state index < -0.39 is 17.5 Å². The number of hydrogen-bond acceptors (Lipinski definition) is 2. The van der Waals surface area contributed by atoms with Crippen LogP contribution in [-0.2, 0) is 4.79 Å². The molecule has 3 nitrogen and oxygen atoms in total. The Morgan fingerprint density at radius 3 is 2.67 bits per heavy atom. The summed E-state index contributed by atoms with van der Waals surface area (Å²) in [7, 11) is 0. The number of carbonyl (C=O) groups is 2. The van der Waals surface area contributed by atoms with Gasteiger partial charge in [0.15, 0.2) is 0 Å². The van der Waals surface area contributed by atoms with Crippen LogP contribution in [0, 0.1) is 5.82 Å². The predicted molar refractivity (Wildman–Crippen MR) is 67.6 cm³/mol. The van der Waals surface area contributed by atoms with Crippen LogP contribution in [0.5, 0.6) is 0 Å². The van der Waals surface area contributed by atoms with E-state index in [4.69, 9.17) is 11.6 Å². The average Bonchev–Trinajstić information content (AvgIpc) is 2.60. The Morgan fingerprint density at radius 2 is 2.00 bits per heavy atom. The van der Waals surface area contributed by atoms with Crippen LogP contribution in [0.1, 0.15) is 36.5 Å². The summed E-state index contributed by atoms with van der Waals surface area (Å²) in [5.74, 6) is -1.98. The Hall–Kier alpha value is -1.42. The van der Waals surface area contributed by atoms with Gasteiger partial charge in [-0.3, -0.25) is 9.59 Å². The summed E-state index contributed by atoms with van der Waals surface area (Å²) >= 11 is 5.86. The molecule has 1 aliphatic heterocycles. The van der Waals surface area contributed by atoms with Gasteiger partial charge in [0.25, 0.3) is 11.7 Å². The van der Waals surface area contributed by atoms with E-state index in [0.29, 0.717) is 6.54 Å². The van der Waals surface area contributed by atoms with Crippen molar-refractivity contribution in [1.29, 1.82) is 0 Å². The van der Waals surface area contributed by atoms with Gasteiger partial charge in [-0.1, -0.05) is 31.4 Å². The molecule has 96 valence electrons. The number of halogens is 2. The minimum Gasteiger partial charge on any atom is -0.302 e. The zero-order chi connectivity index (χ0) is 13.3. The molecule has 1 amide bonds. The van der Waals surface area contributed by atoms with Crippen LogP contribution in [0.15, 0.2) is 12.1 Å². The Morgan fingerprint density at radius 1 is 1.28 bits per heavy atom. The van der Waals surface area contributed by atoms with Gasteiger partial charge in [-0.2, -0.15) is 0 Å². The van der Waals surface area contributed by atoms with E-state index in [9.17, 15) is 14.0 Å². The molecule has 1 aliphatic rings. The number of amides is 1. The molecular formula is C13H13ClFNO2. The smallest absolute Gasteiger partial charge is 0.299 e. The number of Topliss-reactive ketones (excluding diaryl/α,β-unsaturated/α-hetero) is 1. The number of hydrogen-bond donors (Lipinski definition) is 0. The Balaban J connectivity index is 2.39. The lowest BCUT2D eigenvalue weighted by atomic mass is 10.1. The molecule has 5 heteroatoms. The van der Waals surface area contributed by atoms with Gasteiger partial charge < -0.3 is 4.90 Å². The molecule has 0 saturated heterocycles. The molecule has 1 aromatic carbocycles. The van der Waals surface area contributed by atoms with Crippen molar-refractivity contribution in [3.8, 4) is 0 Å². The fourth-order valence-electron chi connectivity index (χ4n) is 2.09. The Kier molecular flexibility index (Phi) is 3.66. The first kappa shape index (κ1) is 13.0. The SMILES string of the molecule is CCCCCN1C(=O)C(=O)c2c(Cl)ccc(F)c21. The van der Waals surface area contributed by atoms with E-state index >= 15 is 0 Å². The average molecular weight is 270 g/mol. The van der Waals surface area contributed by atoms with E-state index in [1.54, 1.807) is 0 Å². The lowest BCUT2D eigenvalue weighted by Gasteiger charge is -2.16. The number of ketones is 1. The van der Waals surface area contributed by atoms with E-state index in [-0.39, 0.29) is 16.3 Å². The quantitative estimate of drug-likeness (QED) is 0.622. The molecule has 0 saturated carbocycles. The highest BCUT2D eigenvalue weighted by molar-refractivity contribution is 6.55. The highest BCUT2D eigenvalue weighted by Gasteiger charge is 2.39. The molecule has 1 heterocycles. The number of fused-ring (bicyclic) bond motifs is 1. The standard InChI is InChI=1S/C13H13ClFNO2/c1-2-3-4-7-16-11-9(15)6-5-8(14)10(11)12(17)13(16)18/h5-6H,2-4,7H2,1H3. The summed E-state index contributed by atoms with van der Waals surface area (Å²) < 4.78 is 13.8. The molecule has 0 unspecified atom stereocenters. The van der Waals surface area contributed by atoms with Crippen molar-refractivity contribution in [2.24, 2.45) is 0 Å². The van der Waals surface area contributed by atoms with Gasteiger partial charge in [-0.15, -0.1) is 0 Å². The molecule has 1 aromatic rings. The number of benzene rings is 1. The Bertz CT molecular complexity index is 516. The van der Waals surface area contributed by atoms with Gasteiger partial charge >= 0.3 is 0 Å². The van der Waals surface area contributed by atoms with Crippen molar-refractivity contribution in [1.82, 2.24) is 0 Å². The van der Waals surface area contributed by atoms with E-state index in [0.717, 1.165) is 19.3 Å². The van der Waals surface area contributed by atoms with Crippen LogP contribution in [0.2, 0.25) is 5.02 Å². The summed E-state index contributed by atoms with van der Waals surface area (Å²) in [4.78, 5) is 24.8. The molecule has 0 spiro atoms. The topological polar surface area (TPSA) is 37.4 Å². The van der Waals surface area contributed by atoms with Crippen LogP contribution in [0.4, 0.5) is 10.1 Å². The first-order valence-electron chi connectivity index (χ1n) is 5.92. The third kappa shape index (κ3) is 2.01. The summed E-state index contributed by atoms with van der Waals surface area (Å²) in [5, 5.41) is 0.128. The van der Waals surface area contributed by atoms with Crippen molar-refractivity contribution < 1.29 is 14.0 Å². The van der Waals surface area contributed by atoms with Crippen LogP contribution >= 0.6 is 11.6 Å². The largest absolute Gasteiger partial charge is 0.302 e. The van der Waals surface area contributed by atoms with Gasteiger partial charge in [0.05, 0.1) is 16.3 Å². The van der Waals surface area contributed by atoms with Crippen LogP contribution in [-0.4, -0.2) is 18.2 Å². The molecular weight excluding hydrogens is 257 g/mol. The Labute approximate surface area is 110 Å². The second kappa shape index (κ2) is 5.06. The van der Waals surface area contributed by atoms with E-state index in [1.165, 1.54) is 17.0 Å². The van der Waals surface area contributed by atoms with Crippen molar-refractivity contribution >= 4 is 29.0 Å². The molecule has 0 aromatic heterocycles. The summed E-state index contributed by atoms with van der Waals surface area (Å²) in [6, 6.07) is 2.48. The van der Waals surface area contributed by atoms with Crippen molar-refractivity contribution in [3.05, 3.63) is 28.5 Å². The normalized spacial score (nSPS) is 14.3. The van der Waals surface area contributed by atoms with Crippen molar-refractivity contribution in [2.45, 2.75) is 26.2 Å². The lowest BCUT2D eigenvalue weighted by molar-refractivity contribution is -0.114. The molecule has 0 atom stereocenters. The van der Waals surface area contributed by atoms with E-state index in [1.807, 2.05) is 6.92 Å². The maximum absolute atomic E-state index is 13.8. The van der Waals surface area contributed by atoms with Crippen molar-refractivity contribution in [3.63, 3.8) is 0 Å². The zero-order valence-corrected chi connectivity index (χ0v) is 10.8. The minimum absolute atomic E-state index is 0.00170. The third-order valence-corrected chi connectivity index (χ3v) is 3.31. The molecule has 0 N–H and O–H groups in total. The van der Waals surface area contributed by atoms with Gasteiger partial charge in [0.1, 0.15) is 5.82 Å². The maximum Gasteiger partial charge on any atom is 0.299 e. The molecule has 0 aliphatic carbocycles. The summed E-state index contributed by atoms with van der Waals surface area (Å²) in [6.45, 7) is 2.38. The molecule has 2 rings (SSSR count). The lowest BCUT2D eigenvalue weighted by Crippen LogP contribution is -2.31. The monoisotopic (exact) mass is 269 g/mol. The molecule has 0 radical (unpaired) electrons. The first-order chi connectivity index (χ1) is 8.57. The number of rotatable bonds is 4. The molecule has 18 heavy (non-hydrogen) atoms. The van der Waals surface area contributed by atoms with Crippen LogP contribution in [0.25, 0.3) is 0 Å². The number of unbranched alkanes of at least 4 members (excludes halogenated alkanes) is 2. The number of nitrogens with zero attached hydrogens (tertiary/aromatic N) is 1. The second-order valence-electron chi connectivity index (χ2n) is 4.25. The maximum atomic E-state index is 13.8. The highest BCUT2D eigenvalue weighted by atomic mass is 35.5. The molecule has 0 fully saturated rings. The highest BCUT2D eigenvalue weighted by Crippen LogP contribution is 2.36. The first-order valence-corrected chi connectivity index (χ1v) is 6.30. The summed E-state index contributed by atoms with van der Waals surface area (Å²) in [5.41, 5.74) is 0.0340. The van der Waals surface area contributed by atoms with Crippen LogP contribution < -0.4 is 4.90 Å². The number of carbonyl (C=O) groups excluding carboxylic acids is 2. The minimum atomic E-state index is -0.717. The van der Waals surface area contributed by atoms with Crippen molar-refractivity contribution in [2.75, 3.05) is 11.4 Å². The second-order valence-corrected chi connectivity index (χ2v) is 4.65. The predicted octanol–water partition coefficient (Wildman–Crippen LogP) is 3.20. The zero-order valence-electron chi connectivity index (χ0n) is 10.0. The van der Waals surface area contributed by atoms with E-state index in [2.05, 4.69) is 0 Å². The van der Waals surface area contributed by atoms with Gasteiger partial charge in [0, 0.05) is 6.54 Å². The van der Waals surface area contributed by atoms with Gasteiger partial charge in [0.2, 0.25) is 0 Å². The third-order valence-electron chi connectivity index (χ3n) is 3.00. The fourth-order valence-corrected chi connectivity index (χ4v) is 2.32.